The number of rotatable bonds is 3. The number of thiazole rings is 1. The second-order valence-electron chi connectivity index (χ2n) is 5.03. The van der Waals surface area contributed by atoms with Crippen molar-refractivity contribution in [1.82, 2.24) is 9.97 Å². The van der Waals surface area contributed by atoms with Crippen LogP contribution in [-0.4, -0.2) is 15.9 Å². The van der Waals surface area contributed by atoms with Crippen LogP contribution in [0.5, 0.6) is 0 Å². The number of hydrogen-bond donors (Lipinski definition) is 1. The molecule has 0 aliphatic rings. The lowest BCUT2D eigenvalue weighted by molar-refractivity contribution is 0.102. The Morgan fingerprint density at radius 2 is 2.00 bits per heavy atom. The van der Waals surface area contributed by atoms with Gasteiger partial charge in [0.05, 0.1) is 16.4 Å². The molecular formula is C17H10ClN3O2S. The first kappa shape index (κ1) is 14.9. The molecule has 0 aliphatic heterocycles. The third-order valence-corrected chi connectivity index (χ3v) is 4.60. The molecular weight excluding hydrogens is 346 g/mol. The van der Waals surface area contributed by atoms with E-state index in [2.05, 4.69) is 15.3 Å². The van der Waals surface area contributed by atoms with E-state index < -0.39 is 0 Å². The van der Waals surface area contributed by atoms with Crippen molar-refractivity contribution in [3.8, 4) is 11.3 Å². The molecule has 1 amide bonds. The molecule has 0 radical (unpaired) electrons. The van der Waals surface area contributed by atoms with E-state index in [4.69, 9.17) is 16.0 Å². The normalized spacial score (nSPS) is 10.9. The fourth-order valence-electron chi connectivity index (χ4n) is 2.27. The topological polar surface area (TPSA) is 68.0 Å². The first-order valence-corrected chi connectivity index (χ1v) is 8.25. The number of nitrogens with zero attached hydrogens (tertiary/aromatic N) is 2. The second kappa shape index (κ2) is 6.07. The number of halogens is 1. The first-order chi connectivity index (χ1) is 11.7. The Labute approximate surface area is 145 Å². The number of amides is 1. The molecule has 0 saturated heterocycles. The average molecular weight is 356 g/mol. The van der Waals surface area contributed by atoms with Crippen molar-refractivity contribution >= 4 is 44.2 Å². The number of anilines is 1. The summed E-state index contributed by atoms with van der Waals surface area (Å²) in [5.41, 5.74) is 2.20. The standard InChI is InChI=1S/C17H10ClN3O2S/c18-12-5-6-13-15(7-12)24-17(20-13)21-16(22)11-3-1-10(2-4-11)14-8-19-9-23-14/h1-9H,(H,20,21,22). The van der Waals surface area contributed by atoms with Crippen LogP contribution in [0.4, 0.5) is 5.13 Å². The monoisotopic (exact) mass is 355 g/mol. The smallest absolute Gasteiger partial charge is 0.257 e. The lowest BCUT2D eigenvalue weighted by Gasteiger charge is -2.02. The van der Waals surface area contributed by atoms with E-state index in [9.17, 15) is 4.79 Å². The van der Waals surface area contributed by atoms with Crippen LogP contribution in [0.3, 0.4) is 0 Å². The van der Waals surface area contributed by atoms with Crippen LogP contribution in [0.15, 0.2) is 59.5 Å². The molecule has 0 bridgehead atoms. The Hall–Kier alpha value is -2.70. The van der Waals surface area contributed by atoms with Crippen LogP contribution in [0.2, 0.25) is 5.02 Å². The Kier molecular flexibility index (Phi) is 3.76. The summed E-state index contributed by atoms with van der Waals surface area (Å²) in [5, 5.41) is 3.99. The van der Waals surface area contributed by atoms with E-state index in [1.807, 2.05) is 24.3 Å². The largest absolute Gasteiger partial charge is 0.444 e. The lowest BCUT2D eigenvalue weighted by atomic mass is 10.1. The number of fused-ring (bicyclic) bond motifs is 1. The van der Waals surface area contributed by atoms with Gasteiger partial charge < -0.3 is 4.42 Å². The fraction of sp³-hybridized carbons (Fsp3) is 0. The molecule has 2 aromatic heterocycles. The molecule has 1 N–H and O–H groups in total. The molecule has 4 aromatic rings. The van der Waals surface area contributed by atoms with Crippen molar-refractivity contribution in [3.63, 3.8) is 0 Å². The summed E-state index contributed by atoms with van der Waals surface area (Å²) < 4.78 is 6.16. The minimum absolute atomic E-state index is 0.218. The summed E-state index contributed by atoms with van der Waals surface area (Å²) in [6, 6.07) is 12.5. The lowest BCUT2D eigenvalue weighted by Crippen LogP contribution is -2.11. The molecule has 0 aliphatic carbocycles. The highest BCUT2D eigenvalue weighted by Crippen LogP contribution is 2.28. The fourth-order valence-corrected chi connectivity index (χ4v) is 3.40. The predicted octanol–water partition coefficient (Wildman–Crippen LogP) is 4.86. The van der Waals surface area contributed by atoms with Gasteiger partial charge in [0.2, 0.25) is 0 Å². The number of nitrogens with one attached hydrogen (secondary N) is 1. The quantitative estimate of drug-likeness (QED) is 0.570. The summed E-state index contributed by atoms with van der Waals surface area (Å²) in [4.78, 5) is 20.6. The maximum atomic E-state index is 12.3. The minimum Gasteiger partial charge on any atom is -0.444 e. The summed E-state index contributed by atoms with van der Waals surface area (Å²) in [6.07, 6.45) is 3.00. The van der Waals surface area contributed by atoms with Gasteiger partial charge in [0.25, 0.3) is 5.91 Å². The summed E-state index contributed by atoms with van der Waals surface area (Å²) in [7, 11) is 0. The van der Waals surface area contributed by atoms with Crippen LogP contribution in [-0.2, 0) is 0 Å². The summed E-state index contributed by atoms with van der Waals surface area (Å²) >= 11 is 7.35. The summed E-state index contributed by atoms with van der Waals surface area (Å²) in [6.45, 7) is 0. The molecule has 7 heteroatoms. The molecule has 0 atom stereocenters. The second-order valence-corrected chi connectivity index (χ2v) is 6.50. The van der Waals surface area contributed by atoms with E-state index in [0.29, 0.717) is 21.5 Å². The maximum absolute atomic E-state index is 12.3. The first-order valence-electron chi connectivity index (χ1n) is 7.05. The number of hydrogen-bond acceptors (Lipinski definition) is 5. The van der Waals surface area contributed by atoms with Gasteiger partial charge in [-0.3, -0.25) is 10.1 Å². The van der Waals surface area contributed by atoms with Crippen molar-refractivity contribution in [3.05, 3.63) is 65.6 Å². The number of carbonyl (C=O) groups is 1. The van der Waals surface area contributed by atoms with Gasteiger partial charge in [-0.05, 0) is 30.3 Å². The number of carbonyl (C=O) groups excluding carboxylic acids is 1. The predicted molar refractivity (Wildman–Crippen MR) is 94.5 cm³/mol. The highest BCUT2D eigenvalue weighted by molar-refractivity contribution is 7.22. The zero-order valence-corrected chi connectivity index (χ0v) is 13.8. The van der Waals surface area contributed by atoms with Crippen LogP contribution in [0.1, 0.15) is 10.4 Å². The number of benzene rings is 2. The van der Waals surface area contributed by atoms with Gasteiger partial charge in [0, 0.05) is 16.1 Å². The van der Waals surface area contributed by atoms with Crippen LogP contribution in [0, 0.1) is 0 Å². The van der Waals surface area contributed by atoms with Crippen LogP contribution in [0.25, 0.3) is 21.5 Å². The van der Waals surface area contributed by atoms with Gasteiger partial charge in [0.1, 0.15) is 0 Å². The van der Waals surface area contributed by atoms with E-state index in [1.165, 1.54) is 17.7 Å². The van der Waals surface area contributed by atoms with Gasteiger partial charge in [-0.15, -0.1) is 0 Å². The molecule has 5 nitrogen and oxygen atoms in total. The van der Waals surface area contributed by atoms with E-state index >= 15 is 0 Å². The maximum Gasteiger partial charge on any atom is 0.257 e. The zero-order chi connectivity index (χ0) is 16.5. The zero-order valence-electron chi connectivity index (χ0n) is 12.2. The molecule has 24 heavy (non-hydrogen) atoms. The Bertz CT molecular complexity index is 1010. The molecule has 2 heterocycles. The van der Waals surface area contributed by atoms with Crippen LogP contribution >= 0.6 is 22.9 Å². The van der Waals surface area contributed by atoms with Crippen molar-refractivity contribution in [2.75, 3.05) is 5.32 Å². The average Bonchev–Trinajstić information content (AvgIpc) is 3.23. The van der Waals surface area contributed by atoms with Crippen LogP contribution < -0.4 is 5.32 Å². The Morgan fingerprint density at radius 1 is 1.17 bits per heavy atom. The van der Waals surface area contributed by atoms with Crippen molar-refractivity contribution in [2.24, 2.45) is 0 Å². The molecule has 0 unspecified atom stereocenters. The highest BCUT2D eigenvalue weighted by atomic mass is 35.5. The van der Waals surface area contributed by atoms with E-state index in [-0.39, 0.29) is 5.91 Å². The third-order valence-electron chi connectivity index (χ3n) is 3.43. The summed E-state index contributed by atoms with van der Waals surface area (Å²) in [5.74, 6) is 0.439. The van der Waals surface area contributed by atoms with Crippen molar-refractivity contribution < 1.29 is 9.21 Å². The molecule has 0 saturated carbocycles. The van der Waals surface area contributed by atoms with E-state index in [0.717, 1.165) is 15.8 Å². The molecule has 118 valence electrons. The van der Waals surface area contributed by atoms with E-state index in [1.54, 1.807) is 24.4 Å². The van der Waals surface area contributed by atoms with Gasteiger partial charge in [-0.1, -0.05) is 35.1 Å². The van der Waals surface area contributed by atoms with Gasteiger partial charge >= 0.3 is 0 Å². The molecule has 0 fully saturated rings. The Balaban J connectivity index is 1.54. The van der Waals surface area contributed by atoms with Gasteiger partial charge in [0.15, 0.2) is 17.3 Å². The molecule has 0 spiro atoms. The van der Waals surface area contributed by atoms with Crippen molar-refractivity contribution in [2.45, 2.75) is 0 Å². The van der Waals surface area contributed by atoms with Gasteiger partial charge in [-0.2, -0.15) is 0 Å². The number of oxazole rings is 1. The Morgan fingerprint density at radius 3 is 2.75 bits per heavy atom. The minimum atomic E-state index is -0.218. The SMILES string of the molecule is O=C(Nc1nc2ccc(Cl)cc2s1)c1ccc(-c2cnco2)cc1. The van der Waals surface area contributed by atoms with Gasteiger partial charge in [-0.25, -0.2) is 9.97 Å². The highest BCUT2D eigenvalue weighted by Gasteiger charge is 2.11. The third kappa shape index (κ3) is 2.89. The molecule has 2 aromatic carbocycles. The number of aromatic nitrogens is 2. The molecule has 4 rings (SSSR count). The van der Waals surface area contributed by atoms with Crippen molar-refractivity contribution in [1.29, 1.82) is 0 Å².